The largest absolute Gasteiger partial charge is 0.497 e. The van der Waals surface area contributed by atoms with E-state index < -0.39 is 42.9 Å². The second-order valence-corrected chi connectivity index (χ2v) is 6.40. The Balaban J connectivity index is 1.92. The van der Waals surface area contributed by atoms with E-state index in [2.05, 4.69) is 0 Å². The molecule has 0 radical (unpaired) electrons. The van der Waals surface area contributed by atoms with Crippen LogP contribution in [0.25, 0.3) is 0 Å². The summed E-state index contributed by atoms with van der Waals surface area (Å²) in [5, 5.41) is 0. The molecule has 0 aromatic heterocycles. The van der Waals surface area contributed by atoms with E-state index in [4.69, 9.17) is 4.74 Å². The molecule has 0 saturated carbocycles. The third-order valence-corrected chi connectivity index (χ3v) is 4.53. The smallest absolute Gasteiger partial charge is 0.471 e. The Hall–Kier alpha value is -3.36. The first kappa shape index (κ1) is 20.4. The van der Waals surface area contributed by atoms with Crippen molar-refractivity contribution >= 4 is 23.4 Å². The van der Waals surface area contributed by atoms with E-state index in [0.29, 0.717) is 16.2 Å². The second kappa shape index (κ2) is 7.94. The zero-order chi connectivity index (χ0) is 21.2. The van der Waals surface area contributed by atoms with Crippen molar-refractivity contribution in [2.24, 2.45) is 0 Å². The summed E-state index contributed by atoms with van der Waals surface area (Å²) in [5.74, 6) is -3.22. The number of hydrogen-bond donors (Lipinski definition) is 0. The van der Waals surface area contributed by atoms with Gasteiger partial charge < -0.3 is 9.64 Å². The van der Waals surface area contributed by atoms with E-state index in [1.807, 2.05) is 0 Å². The van der Waals surface area contributed by atoms with Crippen LogP contribution in [0, 0.1) is 0 Å². The first-order valence-electron chi connectivity index (χ1n) is 8.65. The standard InChI is InChI=1S/C20H17F3N2O4/c1-29-15-9-7-13(8-10-15)12-24(19(28)20(21,22)23)16-11-17(26)25(18(16)27)14-5-3-2-4-6-14/h2-10,16H,11-12H2,1H3. The first-order valence-corrected chi connectivity index (χ1v) is 8.65. The fourth-order valence-corrected chi connectivity index (χ4v) is 3.12. The molecule has 1 saturated heterocycles. The summed E-state index contributed by atoms with van der Waals surface area (Å²) < 4.78 is 44.6. The number of methoxy groups -OCH3 is 1. The van der Waals surface area contributed by atoms with Gasteiger partial charge in [-0.2, -0.15) is 13.2 Å². The van der Waals surface area contributed by atoms with Gasteiger partial charge >= 0.3 is 12.1 Å². The molecule has 3 rings (SSSR count). The van der Waals surface area contributed by atoms with E-state index in [9.17, 15) is 27.6 Å². The van der Waals surface area contributed by atoms with Crippen LogP contribution in [0.15, 0.2) is 54.6 Å². The molecular weight excluding hydrogens is 389 g/mol. The van der Waals surface area contributed by atoms with Gasteiger partial charge in [0.15, 0.2) is 0 Å². The number of amides is 3. The van der Waals surface area contributed by atoms with E-state index in [-0.39, 0.29) is 5.69 Å². The Morgan fingerprint density at radius 1 is 1.10 bits per heavy atom. The van der Waals surface area contributed by atoms with Crippen molar-refractivity contribution in [3.8, 4) is 5.75 Å². The van der Waals surface area contributed by atoms with E-state index in [1.165, 1.54) is 43.5 Å². The van der Waals surface area contributed by atoms with Crippen LogP contribution < -0.4 is 9.64 Å². The summed E-state index contributed by atoms with van der Waals surface area (Å²) in [4.78, 5) is 38.5. The molecule has 0 aliphatic carbocycles. The quantitative estimate of drug-likeness (QED) is 0.717. The molecule has 0 spiro atoms. The molecular formula is C20H17F3N2O4. The van der Waals surface area contributed by atoms with Gasteiger partial charge in [-0.25, -0.2) is 4.90 Å². The molecule has 1 aliphatic heterocycles. The molecule has 1 aliphatic rings. The van der Waals surface area contributed by atoms with Gasteiger partial charge in [-0.15, -0.1) is 0 Å². The highest BCUT2D eigenvalue weighted by Gasteiger charge is 2.50. The molecule has 2 aromatic carbocycles. The highest BCUT2D eigenvalue weighted by atomic mass is 19.4. The lowest BCUT2D eigenvalue weighted by Crippen LogP contribution is -2.49. The first-order chi connectivity index (χ1) is 13.7. The van der Waals surface area contributed by atoms with Crippen molar-refractivity contribution in [1.29, 1.82) is 0 Å². The zero-order valence-electron chi connectivity index (χ0n) is 15.3. The van der Waals surface area contributed by atoms with Gasteiger partial charge in [0, 0.05) is 6.54 Å². The number of benzene rings is 2. The molecule has 2 aromatic rings. The van der Waals surface area contributed by atoms with Crippen LogP contribution in [0.3, 0.4) is 0 Å². The minimum atomic E-state index is -5.18. The monoisotopic (exact) mass is 406 g/mol. The predicted molar refractivity (Wildman–Crippen MR) is 96.9 cm³/mol. The van der Waals surface area contributed by atoms with Crippen LogP contribution in [0.1, 0.15) is 12.0 Å². The number of imide groups is 1. The molecule has 1 unspecified atom stereocenters. The van der Waals surface area contributed by atoms with Crippen LogP contribution >= 0.6 is 0 Å². The van der Waals surface area contributed by atoms with Gasteiger partial charge in [0.05, 0.1) is 19.2 Å². The summed E-state index contributed by atoms with van der Waals surface area (Å²) >= 11 is 0. The summed E-state index contributed by atoms with van der Waals surface area (Å²) in [5.41, 5.74) is 0.607. The lowest BCUT2D eigenvalue weighted by molar-refractivity contribution is -0.188. The van der Waals surface area contributed by atoms with E-state index >= 15 is 0 Å². The Labute approximate surface area is 164 Å². The van der Waals surface area contributed by atoms with Gasteiger partial charge in [-0.05, 0) is 29.8 Å². The number of rotatable bonds is 5. The van der Waals surface area contributed by atoms with Crippen LogP contribution in [0.2, 0.25) is 0 Å². The van der Waals surface area contributed by atoms with Crippen LogP contribution in [0.4, 0.5) is 18.9 Å². The second-order valence-electron chi connectivity index (χ2n) is 6.40. The molecule has 3 amide bonds. The molecule has 0 bridgehead atoms. The van der Waals surface area contributed by atoms with Gasteiger partial charge in [0.2, 0.25) is 5.91 Å². The van der Waals surface area contributed by atoms with Crippen molar-refractivity contribution in [2.75, 3.05) is 12.0 Å². The molecule has 152 valence electrons. The number of nitrogens with zero attached hydrogens (tertiary/aromatic N) is 2. The number of ether oxygens (including phenoxy) is 1. The zero-order valence-corrected chi connectivity index (χ0v) is 15.3. The molecule has 1 heterocycles. The predicted octanol–water partition coefficient (Wildman–Crippen LogP) is 2.92. The normalized spacial score (nSPS) is 16.8. The molecule has 6 nitrogen and oxygen atoms in total. The average molecular weight is 406 g/mol. The maximum atomic E-state index is 13.2. The Morgan fingerprint density at radius 2 is 1.72 bits per heavy atom. The molecule has 0 N–H and O–H groups in total. The van der Waals surface area contributed by atoms with Crippen molar-refractivity contribution in [3.05, 3.63) is 60.2 Å². The SMILES string of the molecule is COc1ccc(CN(C(=O)C(F)(F)F)C2CC(=O)N(c3ccccc3)C2=O)cc1. The lowest BCUT2D eigenvalue weighted by atomic mass is 10.1. The number of alkyl halides is 3. The fourth-order valence-electron chi connectivity index (χ4n) is 3.12. The highest BCUT2D eigenvalue weighted by molar-refractivity contribution is 6.23. The minimum Gasteiger partial charge on any atom is -0.497 e. The average Bonchev–Trinajstić information content (AvgIpc) is 3.00. The Bertz CT molecular complexity index is 914. The third-order valence-electron chi connectivity index (χ3n) is 4.53. The van der Waals surface area contributed by atoms with Crippen LogP contribution in [-0.4, -0.2) is 41.9 Å². The van der Waals surface area contributed by atoms with Crippen LogP contribution in [0.5, 0.6) is 5.75 Å². The number of hydrogen-bond acceptors (Lipinski definition) is 4. The van der Waals surface area contributed by atoms with Gasteiger partial charge in [0.25, 0.3) is 5.91 Å². The van der Waals surface area contributed by atoms with Crippen molar-refractivity contribution in [3.63, 3.8) is 0 Å². The fraction of sp³-hybridized carbons (Fsp3) is 0.250. The maximum Gasteiger partial charge on any atom is 0.471 e. The minimum absolute atomic E-state index is 0.244. The van der Waals surface area contributed by atoms with Crippen LogP contribution in [-0.2, 0) is 20.9 Å². The molecule has 9 heteroatoms. The van der Waals surface area contributed by atoms with Crippen molar-refractivity contribution in [1.82, 2.24) is 4.90 Å². The van der Waals surface area contributed by atoms with Gasteiger partial charge in [0.1, 0.15) is 11.8 Å². The Morgan fingerprint density at radius 3 is 2.28 bits per heavy atom. The van der Waals surface area contributed by atoms with Crippen molar-refractivity contribution < 1.29 is 32.3 Å². The maximum absolute atomic E-state index is 13.2. The third kappa shape index (κ3) is 4.23. The van der Waals surface area contributed by atoms with E-state index in [1.54, 1.807) is 18.2 Å². The summed E-state index contributed by atoms with van der Waals surface area (Å²) in [6, 6.07) is 12.4. The summed E-state index contributed by atoms with van der Waals surface area (Å²) in [6.07, 6.45) is -5.71. The summed E-state index contributed by atoms with van der Waals surface area (Å²) in [7, 11) is 1.44. The van der Waals surface area contributed by atoms with E-state index in [0.717, 1.165) is 4.90 Å². The topological polar surface area (TPSA) is 66.9 Å². The highest BCUT2D eigenvalue weighted by Crippen LogP contribution is 2.30. The number of anilines is 1. The number of halogens is 3. The molecule has 1 fully saturated rings. The number of para-hydroxylation sites is 1. The van der Waals surface area contributed by atoms with Gasteiger partial charge in [-0.3, -0.25) is 14.4 Å². The van der Waals surface area contributed by atoms with Gasteiger partial charge in [-0.1, -0.05) is 30.3 Å². The number of carbonyl (C=O) groups excluding carboxylic acids is 3. The van der Waals surface area contributed by atoms with Crippen molar-refractivity contribution in [2.45, 2.75) is 25.2 Å². The Kier molecular flexibility index (Phi) is 5.58. The lowest BCUT2D eigenvalue weighted by Gasteiger charge is -2.28. The molecule has 1 atom stereocenters. The number of carbonyl (C=O) groups is 3. The summed E-state index contributed by atoms with van der Waals surface area (Å²) in [6.45, 7) is -0.478. The molecule has 29 heavy (non-hydrogen) atoms.